The molecule has 1 atom stereocenters. The van der Waals surface area contributed by atoms with Crippen molar-refractivity contribution in [3.63, 3.8) is 0 Å². The highest BCUT2D eigenvalue weighted by Gasteiger charge is 2.34. The molecule has 1 aliphatic rings. The van der Waals surface area contributed by atoms with E-state index in [1.54, 1.807) is 0 Å². The summed E-state index contributed by atoms with van der Waals surface area (Å²) in [4.78, 5) is 21.3. The van der Waals surface area contributed by atoms with Crippen molar-refractivity contribution < 1.29 is 19.8 Å². The smallest absolute Gasteiger partial charge is 0.331 e. The largest absolute Gasteiger partial charge is 0.481 e. The van der Waals surface area contributed by atoms with Crippen LogP contribution >= 0.6 is 0 Å². The van der Waals surface area contributed by atoms with Crippen molar-refractivity contribution in [2.24, 2.45) is 5.41 Å². The molecular weight excluding hydrogens is 220 g/mol. The molecule has 0 spiro atoms. The SMILES string of the molecule is C=CCC.CC1(C(=O)O)C=CC=C(C(=O)O)C1. The number of carboxylic acids is 2. The van der Waals surface area contributed by atoms with Gasteiger partial charge in [0, 0.05) is 5.57 Å². The van der Waals surface area contributed by atoms with Crippen molar-refractivity contribution in [2.75, 3.05) is 0 Å². The third-order valence-electron chi connectivity index (χ3n) is 2.37. The van der Waals surface area contributed by atoms with Crippen molar-refractivity contribution in [1.82, 2.24) is 0 Å². The predicted molar refractivity (Wildman–Crippen MR) is 65.7 cm³/mol. The van der Waals surface area contributed by atoms with Gasteiger partial charge in [0.25, 0.3) is 0 Å². The van der Waals surface area contributed by atoms with E-state index in [4.69, 9.17) is 10.2 Å². The maximum Gasteiger partial charge on any atom is 0.331 e. The Morgan fingerprint density at radius 2 is 2.06 bits per heavy atom. The van der Waals surface area contributed by atoms with Gasteiger partial charge in [-0.05, 0) is 19.8 Å². The monoisotopic (exact) mass is 238 g/mol. The second-order valence-electron chi connectivity index (χ2n) is 3.95. The Kier molecular flexibility index (Phi) is 5.96. The molecule has 0 fully saturated rings. The Labute approximate surface area is 101 Å². The van der Waals surface area contributed by atoms with Crippen LogP contribution in [0.4, 0.5) is 0 Å². The van der Waals surface area contributed by atoms with Crippen molar-refractivity contribution in [1.29, 1.82) is 0 Å². The van der Waals surface area contributed by atoms with Crippen LogP contribution in [0, 0.1) is 5.41 Å². The molecule has 2 N–H and O–H groups in total. The lowest BCUT2D eigenvalue weighted by molar-refractivity contribution is -0.145. The summed E-state index contributed by atoms with van der Waals surface area (Å²) in [5, 5.41) is 17.5. The van der Waals surface area contributed by atoms with Gasteiger partial charge in [0.15, 0.2) is 0 Å². The highest BCUT2D eigenvalue weighted by atomic mass is 16.4. The Morgan fingerprint density at radius 3 is 2.41 bits per heavy atom. The summed E-state index contributed by atoms with van der Waals surface area (Å²) in [6.45, 7) is 7.04. The molecule has 1 unspecified atom stereocenters. The zero-order chi connectivity index (χ0) is 13.5. The molecule has 1 rings (SSSR count). The molecule has 0 bridgehead atoms. The van der Waals surface area contributed by atoms with Gasteiger partial charge in [-0.15, -0.1) is 6.58 Å². The van der Waals surface area contributed by atoms with Crippen LogP contribution in [0.1, 0.15) is 26.7 Å². The lowest BCUT2D eigenvalue weighted by Crippen LogP contribution is -2.28. The van der Waals surface area contributed by atoms with Crippen LogP contribution in [-0.4, -0.2) is 22.2 Å². The van der Waals surface area contributed by atoms with Gasteiger partial charge in [-0.3, -0.25) is 4.79 Å². The number of aliphatic carboxylic acids is 2. The molecule has 94 valence electrons. The minimum Gasteiger partial charge on any atom is -0.481 e. The van der Waals surface area contributed by atoms with Gasteiger partial charge in [-0.25, -0.2) is 4.79 Å². The van der Waals surface area contributed by atoms with Crippen LogP contribution in [0.15, 0.2) is 36.5 Å². The van der Waals surface area contributed by atoms with Crippen molar-refractivity contribution in [3.05, 3.63) is 36.5 Å². The van der Waals surface area contributed by atoms with Crippen LogP contribution < -0.4 is 0 Å². The molecule has 0 amide bonds. The summed E-state index contributed by atoms with van der Waals surface area (Å²) >= 11 is 0. The lowest BCUT2D eigenvalue weighted by atomic mass is 9.80. The molecular formula is C13H18O4. The summed E-state index contributed by atoms with van der Waals surface area (Å²) in [7, 11) is 0. The first-order chi connectivity index (χ1) is 7.87. The molecule has 0 aromatic heterocycles. The van der Waals surface area contributed by atoms with E-state index >= 15 is 0 Å². The lowest BCUT2D eigenvalue weighted by Gasteiger charge is -2.23. The van der Waals surface area contributed by atoms with E-state index in [9.17, 15) is 9.59 Å². The Morgan fingerprint density at radius 1 is 1.53 bits per heavy atom. The molecule has 0 saturated heterocycles. The normalized spacial score (nSPS) is 21.9. The van der Waals surface area contributed by atoms with Crippen LogP contribution in [0.25, 0.3) is 0 Å². The topological polar surface area (TPSA) is 74.6 Å². The summed E-state index contributed by atoms with van der Waals surface area (Å²) < 4.78 is 0. The van der Waals surface area contributed by atoms with Gasteiger partial charge < -0.3 is 10.2 Å². The maximum absolute atomic E-state index is 10.8. The first-order valence-corrected chi connectivity index (χ1v) is 5.33. The second kappa shape index (κ2) is 6.68. The van der Waals surface area contributed by atoms with E-state index in [-0.39, 0.29) is 12.0 Å². The van der Waals surface area contributed by atoms with E-state index in [1.165, 1.54) is 25.2 Å². The number of carboxylic acid groups (broad SMARTS) is 2. The van der Waals surface area contributed by atoms with Gasteiger partial charge in [0.2, 0.25) is 0 Å². The first-order valence-electron chi connectivity index (χ1n) is 5.33. The Balaban J connectivity index is 0.000000557. The Bertz CT molecular complexity index is 366. The summed E-state index contributed by atoms with van der Waals surface area (Å²) in [6.07, 6.45) is 7.39. The molecule has 0 aliphatic heterocycles. The molecule has 4 nitrogen and oxygen atoms in total. The number of rotatable bonds is 3. The molecule has 17 heavy (non-hydrogen) atoms. The fourth-order valence-electron chi connectivity index (χ4n) is 1.18. The minimum atomic E-state index is -1.08. The molecule has 1 aliphatic carbocycles. The maximum atomic E-state index is 10.8. The van der Waals surface area contributed by atoms with Crippen molar-refractivity contribution in [2.45, 2.75) is 26.7 Å². The van der Waals surface area contributed by atoms with E-state index < -0.39 is 17.4 Å². The van der Waals surface area contributed by atoms with Crippen LogP contribution in [0.2, 0.25) is 0 Å². The van der Waals surface area contributed by atoms with Gasteiger partial charge >= 0.3 is 11.9 Å². The average Bonchev–Trinajstić information content (AvgIpc) is 2.29. The van der Waals surface area contributed by atoms with Crippen molar-refractivity contribution in [3.8, 4) is 0 Å². The molecule has 0 heterocycles. The van der Waals surface area contributed by atoms with Crippen molar-refractivity contribution >= 4 is 11.9 Å². The summed E-state index contributed by atoms with van der Waals surface area (Å²) in [5.41, 5.74) is -0.949. The van der Waals surface area contributed by atoms with Crippen LogP contribution in [0.5, 0.6) is 0 Å². The molecule has 4 heteroatoms. The van der Waals surface area contributed by atoms with E-state index in [0.29, 0.717) is 0 Å². The molecule has 0 aromatic carbocycles. The van der Waals surface area contributed by atoms with Crippen LogP contribution in [0.3, 0.4) is 0 Å². The van der Waals surface area contributed by atoms with E-state index in [2.05, 4.69) is 13.5 Å². The van der Waals surface area contributed by atoms with Gasteiger partial charge in [0.1, 0.15) is 0 Å². The highest BCUT2D eigenvalue weighted by Crippen LogP contribution is 2.31. The quantitative estimate of drug-likeness (QED) is 0.741. The third kappa shape index (κ3) is 4.68. The molecule has 0 saturated carbocycles. The number of allylic oxidation sites excluding steroid dienone is 3. The fourth-order valence-corrected chi connectivity index (χ4v) is 1.18. The summed E-state index contributed by atoms with van der Waals surface area (Å²) in [5.74, 6) is -2.06. The zero-order valence-corrected chi connectivity index (χ0v) is 10.1. The summed E-state index contributed by atoms with van der Waals surface area (Å²) in [6, 6.07) is 0. The number of hydrogen-bond donors (Lipinski definition) is 2. The van der Waals surface area contributed by atoms with Gasteiger partial charge in [0.05, 0.1) is 5.41 Å². The van der Waals surface area contributed by atoms with Gasteiger partial charge in [-0.1, -0.05) is 31.2 Å². The fraction of sp³-hybridized carbons (Fsp3) is 0.385. The standard InChI is InChI=1S/C9H10O4.C4H8/c1-9(8(12)13)4-2-3-6(5-9)7(10)11;1-3-4-2/h2-4H,5H2,1H3,(H,10,11)(H,12,13);3H,1,4H2,2H3. The van der Waals surface area contributed by atoms with E-state index in [1.807, 2.05) is 6.08 Å². The molecule has 0 radical (unpaired) electrons. The van der Waals surface area contributed by atoms with Crippen LogP contribution in [-0.2, 0) is 9.59 Å². The number of carbonyl (C=O) groups is 2. The number of hydrogen-bond acceptors (Lipinski definition) is 2. The second-order valence-corrected chi connectivity index (χ2v) is 3.95. The van der Waals surface area contributed by atoms with E-state index in [0.717, 1.165) is 6.42 Å². The highest BCUT2D eigenvalue weighted by molar-refractivity contribution is 5.90. The minimum absolute atomic E-state index is 0.0359. The average molecular weight is 238 g/mol. The zero-order valence-electron chi connectivity index (χ0n) is 10.1. The predicted octanol–water partition coefficient (Wildman–Crippen LogP) is 2.63. The Hall–Kier alpha value is -1.84. The van der Waals surface area contributed by atoms with Gasteiger partial charge in [-0.2, -0.15) is 0 Å². The third-order valence-corrected chi connectivity index (χ3v) is 2.37. The first kappa shape index (κ1) is 15.2. The molecule has 0 aromatic rings.